The number of rotatable bonds is 7. The number of amides is 2. The van der Waals surface area contributed by atoms with E-state index in [0.29, 0.717) is 38.6 Å². The molecule has 0 unspecified atom stereocenters. The Morgan fingerprint density at radius 1 is 0.968 bits per heavy atom. The summed E-state index contributed by atoms with van der Waals surface area (Å²) in [4.78, 5) is 25.0. The lowest BCUT2D eigenvalue weighted by Gasteiger charge is -2.11. The zero-order valence-electron chi connectivity index (χ0n) is 16.9. The maximum atomic E-state index is 12.5. The summed E-state index contributed by atoms with van der Waals surface area (Å²) < 4.78 is 11.7. The standard InChI is InChI=1S/C20H19Cl2N5O4/c1-11-19(20(29)24-15-7-12(21)6-13(22)8-15)25-26-27(11)10-18(28)23-14-4-5-16(30-2)17(9-14)31-3/h4-9H,10H2,1-3H3,(H,23,28)(H,24,29). The molecule has 2 amide bonds. The van der Waals surface area contributed by atoms with Gasteiger partial charge in [0.05, 0.1) is 19.9 Å². The van der Waals surface area contributed by atoms with E-state index < -0.39 is 5.91 Å². The number of ether oxygens (including phenoxy) is 2. The lowest BCUT2D eigenvalue weighted by atomic mass is 10.2. The van der Waals surface area contributed by atoms with Crippen LogP contribution in [0.15, 0.2) is 36.4 Å². The predicted molar refractivity (Wildman–Crippen MR) is 117 cm³/mol. The Hall–Kier alpha value is -3.30. The highest BCUT2D eigenvalue weighted by atomic mass is 35.5. The number of nitrogens with one attached hydrogen (secondary N) is 2. The number of carbonyl (C=O) groups excluding carboxylic acids is 2. The third kappa shape index (κ3) is 5.44. The highest BCUT2D eigenvalue weighted by Crippen LogP contribution is 2.29. The van der Waals surface area contributed by atoms with Crippen molar-refractivity contribution < 1.29 is 19.1 Å². The maximum absolute atomic E-state index is 12.5. The largest absolute Gasteiger partial charge is 0.493 e. The van der Waals surface area contributed by atoms with Crippen LogP contribution in [-0.2, 0) is 11.3 Å². The Kier molecular flexibility index (Phi) is 6.98. The molecule has 0 atom stereocenters. The molecule has 9 nitrogen and oxygen atoms in total. The molecule has 162 valence electrons. The van der Waals surface area contributed by atoms with Gasteiger partial charge >= 0.3 is 0 Å². The van der Waals surface area contributed by atoms with Gasteiger partial charge in [0, 0.05) is 27.5 Å². The van der Waals surface area contributed by atoms with E-state index in [1.54, 1.807) is 43.3 Å². The van der Waals surface area contributed by atoms with Crippen molar-refractivity contribution in [1.29, 1.82) is 0 Å². The third-order valence-electron chi connectivity index (χ3n) is 4.28. The van der Waals surface area contributed by atoms with E-state index in [-0.39, 0.29) is 18.1 Å². The van der Waals surface area contributed by atoms with Crippen LogP contribution in [0, 0.1) is 6.92 Å². The van der Waals surface area contributed by atoms with Crippen molar-refractivity contribution >= 4 is 46.4 Å². The lowest BCUT2D eigenvalue weighted by molar-refractivity contribution is -0.117. The van der Waals surface area contributed by atoms with Crippen LogP contribution in [0.1, 0.15) is 16.2 Å². The quantitative estimate of drug-likeness (QED) is 0.551. The van der Waals surface area contributed by atoms with E-state index in [0.717, 1.165) is 0 Å². The number of nitrogens with zero attached hydrogens (tertiary/aromatic N) is 3. The zero-order chi connectivity index (χ0) is 22.5. The van der Waals surface area contributed by atoms with Crippen molar-refractivity contribution in [1.82, 2.24) is 15.0 Å². The van der Waals surface area contributed by atoms with Gasteiger partial charge in [-0.15, -0.1) is 5.10 Å². The fourth-order valence-corrected chi connectivity index (χ4v) is 3.31. The Bertz CT molecular complexity index is 1110. The molecule has 0 aliphatic rings. The average Bonchev–Trinajstić information content (AvgIpc) is 3.07. The Labute approximate surface area is 188 Å². The number of benzene rings is 2. The molecule has 3 rings (SSSR count). The van der Waals surface area contributed by atoms with Crippen molar-refractivity contribution in [3.8, 4) is 11.5 Å². The number of methoxy groups -OCH3 is 2. The summed E-state index contributed by atoms with van der Waals surface area (Å²) in [6, 6.07) is 9.67. The van der Waals surface area contributed by atoms with Crippen LogP contribution in [0.5, 0.6) is 11.5 Å². The molecule has 1 aromatic heterocycles. The first-order valence-electron chi connectivity index (χ1n) is 9.00. The van der Waals surface area contributed by atoms with Crippen molar-refractivity contribution in [2.45, 2.75) is 13.5 Å². The van der Waals surface area contributed by atoms with Crippen molar-refractivity contribution in [2.75, 3.05) is 24.9 Å². The number of carbonyl (C=O) groups is 2. The maximum Gasteiger partial charge on any atom is 0.278 e. The van der Waals surface area contributed by atoms with Gasteiger partial charge < -0.3 is 20.1 Å². The fraction of sp³-hybridized carbons (Fsp3) is 0.200. The summed E-state index contributed by atoms with van der Waals surface area (Å²) in [5.41, 5.74) is 1.45. The molecular weight excluding hydrogens is 445 g/mol. The zero-order valence-corrected chi connectivity index (χ0v) is 18.4. The van der Waals surface area contributed by atoms with Crippen LogP contribution in [0.3, 0.4) is 0 Å². The van der Waals surface area contributed by atoms with E-state index in [1.165, 1.54) is 18.9 Å². The summed E-state index contributed by atoms with van der Waals surface area (Å²) >= 11 is 11.9. The van der Waals surface area contributed by atoms with Crippen molar-refractivity contribution in [2.24, 2.45) is 0 Å². The highest BCUT2D eigenvalue weighted by molar-refractivity contribution is 6.35. The first-order chi connectivity index (χ1) is 14.8. The first-order valence-corrected chi connectivity index (χ1v) is 9.75. The van der Waals surface area contributed by atoms with Gasteiger partial charge in [-0.2, -0.15) is 0 Å². The van der Waals surface area contributed by atoms with Crippen LogP contribution in [-0.4, -0.2) is 41.0 Å². The van der Waals surface area contributed by atoms with Crippen LogP contribution in [0.25, 0.3) is 0 Å². The Morgan fingerprint density at radius 2 is 1.65 bits per heavy atom. The number of aromatic nitrogens is 3. The molecule has 0 saturated heterocycles. The SMILES string of the molecule is COc1ccc(NC(=O)Cn2nnc(C(=O)Nc3cc(Cl)cc(Cl)c3)c2C)cc1OC. The number of hydrogen-bond donors (Lipinski definition) is 2. The van der Waals surface area contributed by atoms with Gasteiger partial charge in [0.1, 0.15) is 6.54 Å². The summed E-state index contributed by atoms with van der Waals surface area (Å²) in [7, 11) is 3.03. The second kappa shape index (κ2) is 9.67. The van der Waals surface area contributed by atoms with E-state index in [2.05, 4.69) is 20.9 Å². The molecule has 0 radical (unpaired) electrons. The van der Waals surface area contributed by atoms with Gasteiger partial charge in [0.15, 0.2) is 17.2 Å². The van der Waals surface area contributed by atoms with Crippen LogP contribution in [0.4, 0.5) is 11.4 Å². The van der Waals surface area contributed by atoms with Crippen LogP contribution >= 0.6 is 23.2 Å². The Balaban J connectivity index is 1.68. The molecule has 2 aromatic carbocycles. The van der Waals surface area contributed by atoms with E-state index >= 15 is 0 Å². The van der Waals surface area contributed by atoms with E-state index in [1.807, 2.05) is 0 Å². The Morgan fingerprint density at radius 3 is 2.29 bits per heavy atom. The molecule has 0 aliphatic carbocycles. The molecule has 0 aliphatic heterocycles. The third-order valence-corrected chi connectivity index (χ3v) is 4.72. The second-order valence-electron chi connectivity index (χ2n) is 6.41. The number of halogens is 2. The van der Waals surface area contributed by atoms with Crippen LogP contribution < -0.4 is 20.1 Å². The van der Waals surface area contributed by atoms with Crippen LogP contribution in [0.2, 0.25) is 10.0 Å². The van der Waals surface area contributed by atoms with Gasteiger partial charge in [-0.25, -0.2) is 4.68 Å². The van der Waals surface area contributed by atoms with Gasteiger partial charge in [-0.1, -0.05) is 28.4 Å². The minimum atomic E-state index is -0.498. The predicted octanol–water partition coefficient (Wildman–Crippen LogP) is 3.80. The molecular formula is C20H19Cl2N5O4. The molecule has 0 fully saturated rings. The molecule has 0 bridgehead atoms. The fourth-order valence-electron chi connectivity index (χ4n) is 2.79. The summed E-state index contributed by atoms with van der Waals surface area (Å²) in [5, 5.41) is 14.0. The summed E-state index contributed by atoms with van der Waals surface area (Å²) in [6.45, 7) is 1.51. The van der Waals surface area contributed by atoms with Gasteiger partial charge in [-0.3, -0.25) is 9.59 Å². The topological polar surface area (TPSA) is 107 Å². The second-order valence-corrected chi connectivity index (χ2v) is 7.28. The average molecular weight is 464 g/mol. The summed E-state index contributed by atoms with van der Waals surface area (Å²) in [6.07, 6.45) is 0. The lowest BCUT2D eigenvalue weighted by Crippen LogP contribution is -2.21. The highest BCUT2D eigenvalue weighted by Gasteiger charge is 2.19. The van der Waals surface area contributed by atoms with Crippen molar-refractivity contribution in [3.63, 3.8) is 0 Å². The van der Waals surface area contributed by atoms with Crippen molar-refractivity contribution in [3.05, 3.63) is 57.8 Å². The molecule has 0 saturated carbocycles. The molecule has 11 heteroatoms. The minimum Gasteiger partial charge on any atom is -0.493 e. The van der Waals surface area contributed by atoms with E-state index in [4.69, 9.17) is 32.7 Å². The molecule has 31 heavy (non-hydrogen) atoms. The normalized spacial score (nSPS) is 10.5. The molecule has 1 heterocycles. The number of anilines is 2. The molecule has 3 aromatic rings. The minimum absolute atomic E-state index is 0.0787. The van der Waals surface area contributed by atoms with Gasteiger partial charge in [-0.05, 0) is 37.3 Å². The summed E-state index contributed by atoms with van der Waals surface area (Å²) in [5.74, 6) is 0.178. The van der Waals surface area contributed by atoms with E-state index in [9.17, 15) is 9.59 Å². The molecule has 2 N–H and O–H groups in total. The smallest absolute Gasteiger partial charge is 0.278 e. The number of hydrogen-bond acceptors (Lipinski definition) is 6. The monoisotopic (exact) mass is 463 g/mol. The first kappa shape index (κ1) is 22.4. The van der Waals surface area contributed by atoms with Gasteiger partial charge in [0.2, 0.25) is 5.91 Å². The molecule has 0 spiro atoms. The van der Waals surface area contributed by atoms with Gasteiger partial charge in [0.25, 0.3) is 5.91 Å².